The number of esters is 1. The lowest BCUT2D eigenvalue weighted by atomic mass is 9.53. The van der Waals surface area contributed by atoms with Gasteiger partial charge < -0.3 is 24.4 Å². The van der Waals surface area contributed by atoms with Gasteiger partial charge in [-0.25, -0.2) is 4.79 Å². The topological polar surface area (TPSA) is 102 Å². The van der Waals surface area contributed by atoms with Crippen LogP contribution in [0.4, 0.5) is 0 Å². The molecule has 11 atom stereocenters. The van der Waals surface area contributed by atoms with Gasteiger partial charge in [-0.1, -0.05) is 20.8 Å². The van der Waals surface area contributed by atoms with E-state index in [9.17, 15) is 19.8 Å². The maximum atomic E-state index is 14.0. The second kappa shape index (κ2) is 7.11. The van der Waals surface area contributed by atoms with Gasteiger partial charge in [0.15, 0.2) is 5.79 Å². The lowest BCUT2D eigenvalue weighted by Crippen LogP contribution is -2.67. The number of carbonyl (C=O) groups excluding carboxylic acids is 2. The van der Waals surface area contributed by atoms with Crippen LogP contribution in [0.2, 0.25) is 0 Å². The molecule has 0 aromatic carbocycles. The van der Waals surface area contributed by atoms with E-state index in [0.29, 0.717) is 32.3 Å². The van der Waals surface area contributed by atoms with Crippen molar-refractivity contribution >= 4 is 11.8 Å². The minimum absolute atomic E-state index is 0.0159. The molecule has 3 aliphatic heterocycles. The van der Waals surface area contributed by atoms with Gasteiger partial charge in [-0.15, -0.1) is 0 Å². The van der Waals surface area contributed by atoms with Crippen molar-refractivity contribution in [3.63, 3.8) is 0 Å². The Bertz CT molecular complexity index is 868. The third-order valence-corrected chi connectivity index (χ3v) is 9.26. The van der Waals surface area contributed by atoms with Crippen LogP contribution in [0, 0.1) is 35.5 Å². The highest BCUT2D eigenvalue weighted by atomic mass is 16.7. The monoisotopic (exact) mass is 448 g/mol. The first-order chi connectivity index (χ1) is 14.9. The molecule has 4 fully saturated rings. The van der Waals surface area contributed by atoms with Crippen LogP contribution >= 0.6 is 0 Å². The molecule has 0 aromatic rings. The summed E-state index contributed by atoms with van der Waals surface area (Å²) in [5, 5.41) is 23.2. The largest absolute Gasteiger partial charge is 0.455 e. The Morgan fingerprint density at radius 3 is 2.53 bits per heavy atom. The molecule has 0 radical (unpaired) electrons. The van der Waals surface area contributed by atoms with Gasteiger partial charge in [-0.2, -0.15) is 0 Å². The third kappa shape index (κ3) is 2.80. The molecule has 11 unspecified atom stereocenters. The summed E-state index contributed by atoms with van der Waals surface area (Å²) in [6.07, 6.45) is 2.58. The van der Waals surface area contributed by atoms with Gasteiger partial charge in [0.25, 0.3) is 0 Å². The van der Waals surface area contributed by atoms with Crippen LogP contribution in [0.3, 0.4) is 0 Å². The van der Waals surface area contributed by atoms with E-state index in [4.69, 9.17) is 14.2 Å². The molecule has 0 bridgehead atoms. The number of aliphatic hydroxyl groups is 2. The lowest BCUT2D eigenvalue weighted by molar-refractivity contribution is -0.298. The number of hydrogen-bond donors (Lipinski definition) is 2. The predicted octanol–water partition coefficient (Wildman–Crippen LogP) is 2.38. The Labute approximate surface area is 189 Å². The van der Waals surface area contributed by atoms with E-state index in [1.165, 1.54) is 6.08 Å². The molecule has 2 saturated heterocycles. The number of cyclic esters (lactones) is 1. The van der Waals surface area contributed by atoms with Crippen molar-refractivity contribution in [3.05, 3.63) is 11.6 Å². The molecular formula is C25H36O7. The van der Waals surface area contributed by atoms with E-state index in [1.54, 1.807) is 0 Å². The first-order valence-corrected chi connectivity index (χ1v) is 12.1. The summed E-state index contributed by atoms with van der Waals surface area (Å²) in [5.41, 5.74) is -1.62. The van der Waals surface area contributed by atoms with Crippen LogP contribution in [0.25, 0.3) is 0 Å². The van der Waals surface area contributed by atoms with E-state index in [-0.39, 0.29) is 47.4 Å². The standard InChI is InChI=1S/C25H36O7/c1-12-10-24(30-11-12)25(29)15(4)20-16(26)8-14(3)19(20)21(28)22(25)23(5,32-24)7-6-17-13(2)9-18(27)31-17/h9,12,14-17,19-20,22,26,29H,6-8,10-11H2,1-5H3. The van der Waals surface area contributed by atoms with Crippen molar-refractivity contribution in [3.8, 4) is 0 Å². The van der Waals surface area contributed by atoms with Gasteiger partial charge in [0.1, 0.15) is 17.5 Å². The smallest absolute Gasteiger partial charge is 0.331 e. The fourth-order valence-corrected chi connectivity index (χ4v) is 7.88. The second-order valence-electron chi connectivity index (χ2n) is 11.5. The normalized spacial score (nSPS) is 54.7. The summed E-state index contributed by atoms with van der Waals surface area (Å²) in [6, 6.07) is 0. The highest BCUT2D eigenvalue weighted by Crippen LogP contribution is 2.66. The minimum Gasteiger partial charge on any atom is -0.455 e. The molecule has 7 heteroatoms. The zero-order chi connectivity index (χ0) is 23.2. The third-order valence-electron chi connectivity index (χ3n) is 9.26. The molecule has 32 heavy (non-hydrogen) atoms. The molecule has 5 aliphatic rings. The fourth-order valence-electron chi connectivity index (χ4n) is 7.88. The van der Waals surface area contributed by atoms with Gasteiger partial charge in [0, 0.05) is 24.3 Å². The molecular weight excluding hydrogens is 412 g/mol. The molecule has 5 rings (SSSR count). The number of aliphatic hydroxyl groups excluding tert-OH is 1. The van der Waals surface area contributed by atoms with E-state index in [1.807, 2.05) is 27.7 Å². The van der Waals surface area contributed by atoms with Crippen LogP contribution in [0.5, 0.6) is 0 Å². The summed E-state index contributed by atoms with van der Waals surface area (Å²) in [5.74, 6) is -3.10. The quantitative estimate of drug-likeness (QED) is 0.639. The summed E-state index contributed by atoms with van der Waals surface area (Å²) in [6.45, 7) is 10.3. The number of hydrogen-bond acceptors (Lipinski definition) is 7. The predicted molar refractivity (Wildman–Crippen MR) is 114 cm³/mol. The molecule has 0 amide bonds. The van der Waals surface area contributed by atoms with Crippen molar-refractivity contribution in [1.82, 2.24) is 0 Å². The molecule has 7 nitrogen and oxygen atoms in total. The number of rotatable bonds is 3. The number of carbonyl (C=O) groups is 2. The maximum Gasteiger partial charge on any atom is 0.331 e. The Hall–Kier alpha value is -1.28. The highest BCUT2D eigenvalue weighted by Gasteiger charge is 2.79. The average Bonchev–Trinajstić information content (AvgIpc) is 3.37. The van der Waals surface area contributed by atoms with Crippen LogP contribution in [-0.2, 0) is 23.8 Å². The number of fused-ring (bicyclic) bond motifs is 3. The first-order valence-electron chi connectivity index (χ1n) is 12.1. The van der Waals surface area contributed by atoms with Gasteiger partial charge in [-0.05, 0) is 56.4 Å². The minimum atomic E-state index is -1.52. The van der Waals surface area contributed by atoms with E-state index < -0.39 is 29.0 Å². The van der Waals surface area contributed by atoms with E-state index in [2.05, 4.69) is 6.92 Å². The summed E-state index contributed by atoms with van der Waals surface area (Å²) >= 11 is 0. The molecule has 178 valence electrons. The highest BCUT2D eigenvalue weighted by molar-refractivity contribution is 5.89. The SMILES string of the molecule is CC1=CC(=O)OC1CCC1(C)OC2(CC(C)CO2)C2(O)C(C)C3C(O)CC(C)C3C(=O)C12. The first kappa shape index (κ1) is 22.5. The van der Waals surface area contributed by atoms with Crippen molar-refractivity contribution in [2.24, 2.45) is 35.5 Å². The number of ether oxygens (including phenoxy) is 3. The zero-order valence-electron chi connectivity index (χ0n) is 19.7. The molecule has 0 aromatic heterocycles. The van der Waals surface area contributed by atoms with Gasteiger partial charge >= 0.3 is 5.97 Å². The average molecular weight is 449 g/mol. The summed E-state index contributed by atoms with van der Waals surface area (Å²) in [4.78, 5) is 25.7. The van der Waals surface area contributed by atoms with Crippen molar-refractivity contribution < 1.29 is 34.0 Å². The summed E-state index contributed by atoms with van der Waals surface area (Å²) < 4.78 is 18.3. The summed E-state index contributed by atoms with van der Waals surface area (Å²) in [7, 11) is 0. The molecule has 3 heterocycles. The Kier molecular flexibility index (Phi) is 5.00. The fraction of sp³-hybridized carbons (Fsp3) is 0.840. The number of Topliss-reactive ketones (excluding diaryl/α,β-unsaturated/α-hetero) is 1. The van der Waals surface area contributed by atoms with Crippen LogP contribution in [0.15, 0.2) is 11.6 Å². The Balaban J connectivity index is 1.54. The Morgan fingerprint density at radius 2 is 1.94 bits per heavy atom. The second-order valence-corrected chi connectivity index (χ2v) is 11.5. The lowest BCUT2D eigenvalue weighted by Gasteiger charge is -2.52. The zero-order valence-corrected chi connectivity index (χ0v) is 19.7. The van der Waals surface area contributed by atoms with Crippen LogP contribution in [0.1, 0.15) is 60.3 Å². The van der Waals surface area contributed by atoms with E-state index >= 15 is 0 Å². The van der Waals surface area contributed by atoms with Gasteiger partial charge in [0.05, 0.1) is 24.2 Å². The van der Waals surface area contributed by atoms with Crippen molar-refractivity contribution in [1.29, 1.82) is 0 Å². The molecule has 1 spiro atoms. The number of ketones is 1. The van der Waals surface area contributed by atoms with Crippen LogP contribution < -0.4 is 0 Å². The van der Waals surface area contributed by atoms with E-state index in [0.717, 1.165) is 5.57 Å². The maximum absolute atomic E-state index is 14.0. The van der Waals surface area contributed by atoms with Gasteiger partial charge in [-0.3, -0.25) is 4.79 Å². The molecule has 2 N–H and O–H groups in total. The van der Waals surface area contributed by atoms with Crippen LogP contribution in [-0.4, -0.2) is 57.8 Å². The van der Waals surface area contributed by atoms with Crippen molar-refractivity contribution in [2.75, 3.05) is 6.61 Å². The Morgan fingerprint density at radius 1 is 1.22 bits per heavy atom. The van der Waals surface area contributed by atoms with Gasteiger partial charge in [0.2, 0.25) is 0 Å². The van der Waals surface area contributed by atoms with Crippen molar-refractivity contribution in [2.45, 2.75) is 89.5 Å². The molecule has 2 saturated carbocycles. The molecule has 2 aliphatic carbocycles.